The number of benzene rings is 2. The zero-order valence-electron chi connectivity index (χ0n) is 14.7. The van der Waals surface area contributed by atoms with Crippen LogP contribution in [-0.4, -0.2) is 21.8 Å². The molecule has 27 heavy (non-hydrogen) atoms. The normalized spacial score (nSPS) is 12.2. The summed E-state index contributed by atoms with van der Waals surface area (Å²) in [5.74, 6) is 0.787. The predicted octanol–water partition coefficient (Wildman–Crippen LogP) is 3.87. The van der Waals surface area contributed by atoms with Crippen LogP contribution in [0.2, 0.25) is 0 Å². The number of aliphatic hydroxyl groups excluding tert-OH is 1. The van der Waals surface area contributed by atoms with Gasteiger partial charge in [-0.05, 0) is 41.5 Å². The number of nitrogens with zero attached hydrogens (tertiary/aromatic N) is 2. The van der Waals surface area contributed by atoms with E-state index in [2.05, 4.69) is 4.98 Å². The molecule has 0 fully saturated rings. The molecule has 5 nitrogen and oxygen atoms in total. The molecule has 1 atom stereocenters. The molecule has 0 spiro atoms. The third-order valence-electron chi connectivity index (χ3n) is 4.43. The molecule has 0 aliphatic heterocycles. The fraction of sp³-hybridized carbons (Fsp3) is 0.143. The molecule has 0 radical (unpaired) electrons. The molecule has 0 aliphatic carbocycles. The standard InChI is InChI=1S/C21H18N2O3S/c1-26-16-9-7-15(8-10-16)19-11-17-20(27-19)21(25)23(13-22-17)12-18(24)14-5-3-2-4-6-14/h2-11,13,18,24H,12H2,1H3/t18-/m0/s1. The second kappa shape index (κ2) is 7.34. The van der Waals surface area contributed by atoms with Gasteiger partial charge in [-0.3, -0.25) is 9.36 Å². The van der Waals surface area contributed by atoms with Gasteiger partial charge in [0.05, 0.1) is 31.6 Å². The number of ether oxygens (including phenoxy) is 1. The van der Waals surface area contributed by atoms with E-state index in [9.17, 15) is 9.90 Å². The van der Waals surface area contributed by atoms with E-state index in [4.69, 9.17) is 4.74 Å². The zero-order valence-corrected chi connectivity index (χ0v) is 15.5. The number of aliphatic hydroxyl groups is 1. The van der Waals surface area contributed by atoms with E-state index < -0.39 is 6.10 Å². The average Bonchev–Trinajstić information content (AvgIpc) is 3.16. The molecule has 0 saturated carbocycles. The van der Waals surface area contributed by atoms with Crippen molar-refractivity contribution in [1.82, 2.24) is 9.55 Å². The fourth-order valence-electron chi connectivity index (χ4n) is 2.94. The Morgan fingerprint density at radius 1 is 1.15 bits per heavy atom. The summed E-state index contributed by atoms with van der Waals surface area (Å²) < 4.78 is 7.24. The first-order chi connectivity index (χ1) is 13.2. The van der Waals surface area contributed by atoms with Crippen molar-refractivity contribution < 1.29 is 9.84 Å². The lowest BCUT2D eigenvalue weighted by Crippen LogP contribution is -2.23. The molecular weight excluding hydrogens is 360 g/mol. The van der Waals surface area contributed by atoms with Crippen LogP contribution in [0.1, 0.15) is 11.7 Å². The van der Waals surface area contributed by atoms with Gasteiger partial charge in [0, 0.05) is 4.88 Å². The van der Waals surface area contributed by atoms with E-state index >= 15 is 0 Å². The van der Waals surface area contributed by atoms with E-state index in [0.29, 0.717) is 10.2 Å². The van der Waals surface area contributed by atoms with Gasteiger partial charge in [0.1, 0.15) is 10.4 Å². The average molecular weight is 378 g/mol. The van der Waals surface area contributed by atoms with E-state index in [0.717, 1.165) is 21.8 Å². The van der Waals surface area contributed by atoms with Crippen LogP contribution in [0.3, 0.4) is 0 Å². The first-order valence-corrected chi connectivity index (χ1v) is 9.34. The molecule has 2 heterocycles. The first kappa shape index (κ1) is 17.5. The van der Waals surface area contributed by atoms with Crippen molar-refractivity contribution in [2.24, 2.45) is 0 Å². The molecule has 4 rings (SSSR count). The van der Waals surface area contributed by atoms with Crippen molar-refractivity contribution in [3.05, 3.63) is 82.9 Å². The summed E-state index contributed by atoms with van der Waals surface area (Å²) >= 11 is 1.41. The Bertz CT molecular complexity index is 1120. The molecule has 136 valence electrons. The molecule has 2 aromatic carbocycles. The van der Waals surface area contributed by atoms with E-state index in [1.165, 1.54) is 22.2 Å². The predicted molar refractivity (Wildman–Crippen MR) is 107 cm³/mol. The van der Waals surface area contributed by atoms with Gasteiger partial charge >= 0.3 is 0 Å². The van der Waals surface area contributed by atoms with Crippen LogP contribution in [-0.2, 0) is 6.54 Å². The summed E-state index contributed by atoms with van der Waals surface area (Å²) in [6.07, 6.45) is 0.741. The van der Waals surface area contributed by atoms with Crippen LogP contribution in [0, 0.1) is 0 Å². The largest absolute Gasteiger partial charge is 0.497 e. The Kier molecular flexibility index (Phi) is 4.75. The lowest BCUT2D eigenvalue weighted by atomic mass is 10.1. The van der Waals surface area contributed by atoms with Gasteiger partial charge in [0.15, 0.2) is 0 Å². The quantitative estimate of drug-likeness (QED) is 0.573. The molecule has 0 saturated heterocycles. The number of aromatic nitrogens is 2. The number of hydrogen-bond acceptors (Lipinski definition) is 5. The Labute approximate surface area is 160 Å². The second-order valence-corrected chi connectivity index (χ2v) is 7.23. The van der Waals surface area contributed by atoms with Gasteiger partial charge in [-0.2, -0.15) is 0 Å². The maximum absolute atomic E-state index is 12.8. The number of methoxy groups -OCH3 is 1. The van der Waals surface area contributed by atoms with Crippen LogP contribution in [0.25, 0.3) is 20.7 Å². The molecule has 0 aliphatic rings. The molecule has 4 aromatic rings. The Hall–Kier alpha value is -2.96. The number of thiophene rings is 1. The number of hydrogen-bond donors (Lipinski definition) is 1. The minimum absolute atomic E-state index is 0.139. The third kappa shape index (κ3) is 3.49. The third-order valence-corrected chi connectivity index (χ3v) is 5.59. The summed E-state index contributed by atoms with van der Waals surface area (Å²) in [5.41, 5.74) is 2.31. The van der Waals surface area contributed by atoms with Crippen molar-refractivity contribution in [2.45, 2.75) is 12.6 Å². The molecule has 6 heteroatoms. The summed E-state index contributed by atoms with van der Waals surface area (Å²) in [6.45, 7) is 0.168. The second-order valence-electron chi connectivity index (χ2n) is 6.18. The number of fused-ring (bicyclic) bond motifs is 1. The van der Waals surface area contributed by atoms with Gasteiger partial charge in [0.2, 0.25) is 0 Å². The Morgan fingerprint density at radius 2 is 1.89 bits per heavy atom. The topological polar surface area (TPSA) is 64.3 Å². The highest BCUT2D eigenvalue weighted by Crippen LogP contribution is 2.31. The SMILES string of the molecule is COc1ccc(-c2cc3ncn(C[C@H](O)c4ccccc4)c(=O)c3s2)cc1. The highest BCUT2D eigenvalue weighted by molar-refractivity contribution is 7.22. The molecule has 0 bridgehead atoms. The molecule has 1 N–H and O–H groups in total. The molecular formula is C21H18N2O3S. The first-order valence-electron chi connectivity index (χ1n) is 8.52. The monoisotopic (exact) mass is 378 g/mol. The lowest BCUT2D eigenvalue weighted by molar-refractivity contribution is 0.155. The van der Waals surface area contributed by atoms with E-state index in [-0.39, 0.29) is 12.1 Å². The van der Waals surface area contributed by atoms with E-state index in [1.807, 2.05) is 60.7 Å². The van der Waals surface area contributed by atoms with Gasteiger partial charge in [0.25, 0.3) is 5.56 Å². The zero-order chi connectivity index (χ0) is 18.8. The number of rotatable bonds is 5. The fourth-order valence-corrected chi connectivity index (χ4v) is 4.00. The van der Waals surface area contributed by atoms with Crippen LogP contribution >= 0.6 is 11.3 Å². The van der Waals surface area contributed by atoms with E-state index in [1.54, 1.807) is 7.11 Å². The minimum Gasteiger partial charge on any atom is -0.497 e. The van der Waals surface area contributed by atoms with Crippen LogP contribution in [0.15, 0.2) is 71.8 Å². The molecule has 0 amide bonds. The van der Waals surface area contributed by atoms with Crippen molar-refractivity contribution >= 4 is 21.6 Å². The Morgan fingerprint density at radius 3 is 2.59 bits per heavy atom. The lowest BCUT2D eigenvalue weighted by Gasteiger charge is -2.12. The summed E-state index contributed by atoms with van der Waals surface area (Å²) in [6, 6.07) is 18.9. The van der Waals surface area contributed by atoms with Gasteiger partial charge in [-0.1, -0.05) is 30.3 Å². The van der Waals surface area contributed by atoms with Crippen LogP contribution < -0.4 is 10.3 Å². The highest BCUT2D eigenvalue weighted by Gasteiger charge is 2.14. The molecule has 2 aromatic heterocycles. The summed E-state index contributed by atoms with van der Waals surface area (Å²) in [5, 5.41) is 10.4. The summed E-state index contributed by atoms with van der Waals surface area (Å²) in [7, 11) is 1.63. The maximum Gasteiger partial charge on any atom is 0.271 e. The van der Waals surface area contributed by atoms with Gasteiger partial charge in [-0.15, -0.1) is 11.3 Å². The van der Waals surface area contributed by atoms with Gasteiger partial charge < -0.3 is 9.84 Å². The highest BCUT2D eigenvalue weighted by atomic mass is 32.1. The smallest absolute Gasteiger partial charge is 0.271 e. The van der Waals surface area contributed by atoms with Crippen molar-refractivity contribution in [3.63, 3.8) is 0 Å². The maximum atomic E-state index is 12.8. The van der Waals surface area contributed by atoms with Crippen molar-refractivity contribution in [3.8, 4) is 16.2 Å². The van der Waals surface area contributed by atoms with Gasteiger partial charge in [-0.25, -0.2) is 4.98 Å². The van der Waals surface area contributed by atoms with Crippen molar-refractivity contribution in [2.75, 3.05) is 7.11 Å². The van der Waals surface area contributed by atoms with Crippen molar-refractivity contribution in [1.29, 1.82) is 0 Å². The van der Waals surface area contributed by atoms with Crippen LogP contribution in [0.5, 0.6) is 5.75 Å². The summed E-state index contributed by atoms with van der Waals surface area (Å²) in [4.78, 5) is 18.2. The van der Waals surface area contributed by atoms with Crippen LogP contribution in [0.4, 0.5) is 0 Å². The molecule has 0 unspecified atom stereocenters. The Balaban J connectivity index is 1.66. The minimum atomic E-state index is -0.760.